The van der Waals surface area contributed by atoms with E-state index in [2.05, 4.69) is 22.6 Å². The van der Waals surface area contributed by atoms with Gasteiger partial charge in [0.05, 0.1) is 17.8 Å². The molecule has 0 aliphatic heterocycles. The summed E-state index contributed by atoms with van der Waals surface area (Å²) in [4.78, 5) is 11.7. The SMILES string of the molecule is COC(=O)c1cc(I)c(Oc2ccccc2)cc1OC. The summed E-state index contributed by atoms with van der Waals surface area (Å²) < 4.78 is 16.5. The average molecular weight is 384 g/mol. The van der Waals surface area contributed by atoms with Crippen molar-refractivity contribution < 1.29 is 19.0 Å². The van der Waals surface area contributed by atoms with Crippen LogP contribution in [0.1, 0.15) is 10.4 Å². The first-order chi connectivity index (χ1) is 9.65. The summed E-state index contributed by atoms with van der Waals surface area (Å²) in [6.45, 7) is 0. The molecule has 104 valence electrons. The lowest BCUT2D eigenvalue weighted by Crippen LogP contribution is -2.05. The predicted octanol–water partition coefficient (Wildman–Crippen LogP) is 3.88. The van der Waals surface area contributed by atoms with Crippen LogP contribution in [0.5, 0.6) is 17.2 Å². The lowest BCUT2D eigenvalue weighted by Gasteiger charge is -2.12. The van der Waals surface area contributed by atoms with Gasteiger partial charge in [0.25, 0.3) is 0 Å². The van der Waals surface area contributed by atoms with Gasteiger partial charge in [-0.1, -0.05) is 18.2 Å². The molecule has 0 bridgehead atoms. The van der Waals surface area contributed by atoms with E-state index in [9.17, 15) is 4.79 Å². The van der Waals surface area contributed by atoms with E-state index in [-0.39, 0.29) is 0 Å². The number of rotatable bonds is 4. The van der Waals surface area contributed by atoms with Gasteiger partial charge in [0.1, 0.15) is 22.8 Å². The summed E-state index contributed by atoms with van der Waals surface area (Å²) in [5.74, 6) is 1.33. The molecule has 20 heavy (non-hydrogen) atoms. The molecule has 0 radical (unpaired) electrons. The van der Waals surface area contributed by atoms with Crippen molar-refractivity contribution in [3.8, 4) is 17.2 Å². The van der Waals surface area contributed by atoms with Crippen LogP contribution in [0.2, 0.25) is 0 Å². The van der Waals surface area contributed by atoms with Gasteiger partial charge in [-0.15, -0.1) is 0 Å². The molecule has 0 saturated carbocycles. The third-order valence-corrected chi connectivity index (χ3v) is 3.47. The number of esters is 1. The Morgan fingerprint density at radius 1 is 1.05 bits per heavy atom. The Bertz CT molecular complexity index is 611. The summed E-state index contributed by atoms with van der Waals surface area (Å²) in [6.07, 6.45) is 0. The Morgan fingerprint density at radius 3 is 2.35 bits per heavy atom. The molecule has 5 heteroatoms. The molecule has 4 nitrogen and oxygen atoms in total. The quantitative estimate of drug-likeness (QED) is 0.593. The van der Waals surface area contributed by atoms with Crippen molar-refractivity contribution >= 4 is 28.6 Å². The van der Waals surface area contributed by atoms with Crippen LogP contribution in [0.3, 0.4) is 0 Å². The van der Waals surface area contributed by atoms with Gasteiger partial charge in [-0.05, 0) is 40.8 Å². The summed E-state index contributed by atoms with van der Waals surface area (Å²) >= 11 is 2.11. The molecule has 0 saturated heterocycles. The molecule has 2 rings (SSSR count). The second-order valence-corrected chi connectivity index (χ2v) is 5.05. The molecule has 0 amide bonds. The third-order valence-electron chi connectivity index (χ3n) is 2.63. The first-order valence-electron chi connectivity index (χ1n) is 5.84. The smallest absolute Gasteiger partial charge is 0.341 e. The predicted molar refractivity (Wildman–Crippen MR) is 83.6 cm³/mol. The van der Waals surface area contributed by atoms with E-state index < -0.39 is 5.97 Å². The maximum absolute atomic E-state index is 11.7. The Hall–Kier alpha value is -1.76. The normalized spacial score (nSPS) is 9.95. The molecule has 0 fully saturated rings. The topological polar surface area (TPSA) is 44.8 Å². The summed E-state index contributed by atoms with van der Waals surface area (Å²) in [5.41, 5.74) is 0.375. The molecule has 0 heterocycles. The van der Waals surface area contributed by atoms with Crippen molar-refractivity contribution in [1.82, 2.24) is 0 Å². The zero-order chi connectivity index (χ0) is 14.5. The van der Waals surface area contributed by atoms with E-state index in [1.165, 1.54) is 14.2 Å². The molecule has 0 N–H and O–H groups in total. The largest absolute Gasteiger partial charge is 0.496 e. The highest BCUT2D eigenvalue weighted by molar-refractivity contribution is 14.1. The fraction of sp³-hybridized carbons (Fsp3) is 0.133. The van der Waals surface area contributed by atoms with E-state index >= 15 is 0 Å². The first-order valence-corrected chi connectivity index (χ1v) is 6.92. The van der Waals surface area contributed by atoms with Gasteiger partial charge in [0.15, 0.2) is 0 Å². The van der Waals surface area contributed by atoms with Gasteiger partial charge in [0, 0.05) is 6.07 Å². The molecular formula is C15H13IO4. The van der Waals surface area contributed by atoms with Crippen LogP contribution in [-0.4, -0.2) is 20.2 Å². The van der Waals surface area contributed by atoms with E-state index in [0.29, 0.717) is 17.1 Å². The second-order valence-electron chi connectivity index (χ2n) is 3.89. The lowest BCUT2D eigenvalue weighted by molar-refractivity contribution is 0.0597. The summed E-state index contributed by atoms with van der Waals surface area (Å²) in [7, 11) is 2.84. The van der Waals surface area contributed by atoms with Crippen molar-refractivity contribution in [2.75, 3.05) is 14.2 Å². The summed E-state index contributed by atoms with van der Waals surface area (Å²) in [6, 6.07) is 12.8. The fourth-order valence-corrected chi connectivity index (χ4v) is 2.24. The Balaban J connectivity index is 2.38. The zero-order valence-electron chi connectivity index (χ0n) is 11.1. The first kappa shape index (κ1) is 14.6. The fourth-order valence-electron chi connectivity index (χ4n) is 1.67. The van der Waals surface area contributed by atoms with Crippen LogP contribution in [0.25, 0.3) is 0 Å². The molecule has 0 spiro atoms. The van der Waals surface area contributed by atoms with E-state index in [1.807, 2.05) is 30.3 Å². The molecule has 2 aromatic carbocycles. The number of methoxy groups -OCH3 is 2. The highest BCUT2D eigenvalue weighted by atomic mass is 127. The molecule has 0 atom stereocenters. The molecule has 0 aromatic heterocycles. The van der Waals surface area contributed by atoms with Crippen LogP contribution in [-0.2, 0) is 4.74 Å². The number of ether oxygens (including phenoxy) is 3. The van der Waals surface area contributed by atoms with Crippen molar-refractivity contribution in [3.05, 3.63) is 51.6 Å². The number of para-hydroxylation sites is 1. The number of hydrogen-bond acceptors (Lipinski definition) is 4. The highest BCUT2D eigenvalue weighted by Crippen LogP contribution is 2.33. The Kier molecular flexibility index (Phi) is 4.84. The maximum Gasteiger partial charge on any atom is 0.341 e. The Labute approximate surface area is 130 Å². The average Bonchev–Trinajstić information content (AvgIpc) is 2.49. The van der Waals surface area contributed by atoms with E-state index in [0.717, 1.165) is 9.32 Å². The number of hydrogen-bond donors (Lipinski definition) is 0. The highest BCUT2D eigenvalue weighted by Gasteiger charge is 2.17. The minimum Gasteiger partial charge on any atom is -0.496 e. The van der Waals surface area contributed by atoms with Crippen molar-refractivity contribution in [2.24, 2.45) is 0 Å². The second kappa shape index (κ2) is 6.60. The van der Waals surface area contributed by atoms with Gasteiger partial charge in [-0.25, -0.2) is 4.79 Å². The van der Waals surface area contributed by atoms with Crippen molar-refractivity contribution in [1.29, 1.82) is 0 Å². The number of halogens is 1. The van der Waals surface area contributed by atoms with Crippen molar-refractivity contribution in [2.45, 2.75) is 0 Å². The third kappa shape index (κ3) is 3.22. The van der Waals surface area contributed by atoms with Gasteiger partial charge in [-0.3, -0.25) is 0 Å². The van der Waals surface area contributed by atoms with Gasteiger partial charge < -0.3 is 14.2 Å². The van der Waals surface area contributed by atoms with Crippen molar-refractivity contribution in [3.63, 3.8) is 0 Å². The van der Waals surface area contributed by atoms with Crippen LogP contribution in [0.15, 0.2) is 42.5 Å². The van der Waals surface area contributed by atoms with Crippen LogP contribution in [0.4, 0.5) is 0 Å². The minimum absolute atomic E-state index is 0.375. The van der Waals surface area contributed by atoms with E-state index in [4.69, 9.17) is 14.2 Å². The Morgan fingerprint density at radius 2 is 1.75 bits per heavy atom. The molecule has 2 aromatic rings. The van der Waals surface area contributed by atoms with Gasteiger partial charge in [0.2, 0.25) is 0 Å². The number of carbonyl (C=O) groups is 1. The van der Waals surface area contributed by atoms with Gasteiger partial charge in [-0.2, -0.15) is 0 Å². The minimum atomic E-state index is -0.439. The zero-order valence-corrected chi connectivity index (χ0v) is 13.2. The van der Waals surface area contributed by atoms with Gasteiger partial charge >= 0.3 is 5.97 Å². The molecule has 0 unspecified atom stereocenters. The maximum atomic E-state index is 11.7. The summed E-state index contributed by atoms with van der Waals surface area (Å²) in [5, 5.41) is 0. The number of carbonyl (C=O) groups excluding carboxylic acids is 1. The monoisotopic (exact) mass is 384 g/mol. The molecular weight excluding hydrogens is 371 g/mol. The van der Waals surface area contributed by atoms with Crippen LogP contribution in [0, 0.1) is 3.57 Å². The molecule has 0 aliphatic carbocycles. The molecule has 0 aliphatic rings. The van der Waals surface area contributed by atoms with Crippen LogP contribution < -0.4 is 9.47 Å². The van der Waals surface area contributed by atoms with Crippen LogP contribution >= 0.6 is 22.6 Å². The number of benzene rings is 2. The standard InChI is InChI=1S/C15H13IO4/c1-18-13-9-14(20-10-6-4-3-5-7-10)12(16)8-11(13)15(17)19-2/h3-9H,1-2H3. The lowest BCUT2D eigenvalue weighted by atomic mass is 10.2. The van der Waals surface area contributed by atoms with E-state index in [1.54, 1.807) is 12.1 Å².